The highest BCUT2D eigenvalue weighted by Gasteiger charge is 2.27. The van der Waals surface area contributed by atoms with Gasteiger partial charge in [0.15, 0.2) is 0 Å². The molecule has 1 N–H and O–H groups in total. The van der Waals surface area contributed by atoms with Crippen molar-refractivity contribution < 1.29 is 17.9 Å². The van der Waals surface area contributed by atoms with Gasteiger partial charge in [-0.25, -0.2) is 8.42 Å². The number of benzene rings is 2. The SMILES string of the molecule is COc1ccc(Cl)cc1S(=O)(=O)Nc1ccc2c(c1)N(C(=O)c1ccncc1)CC2. The average molecular weight is 444 g/mol. The fourth-order valence-corrected chi connectivity index (χ4v) is 4.86. The van der Waals surface area contributed by atoms with Crippen molar-refractivity contribution in [2.24, 2.45) is 0 Å². The van der Waals surface area contributed by atoms with Crippen LogP contribution in [0.2, 0.25) is 5.02 Å². The van der Waals surface area contributed by atoms with E-state index in [1.165, 1.54) is 19.2 Å². The first kappa shape index (κ1) is 20.2. The minimum Gasteiger partial charge on any atom is -0.495 e. The Kier molecular flexibility index (Phi) is 5.36. The summed E-state index contributed by atoms with van der Waals surface area (Å²) < 4.78 is 33.6. The van der Waals surface area contributed by atoms with Gasteiger partial charge < -0.3 is 9.64 Å². The smallest absolute Gasteiger partial charge is 0.265 e. The van der Waals surface area contributed by atoms with E-state index in [9.17, 15) is 13.2 Å². The second kappa shape index (κ2) is 7.97. The summed E-state index contributed by atoms with van der Waals surface area (Å²) in [6, 6.07) is 12.8. The van der Waals surface area contributed by atoms with E-state index >= 15 is 0 Å². The molecule has 2 aromatic carbocycles. The first-order chi connectivity index (χ1) is 14.4. The Morgan fingerprint density at radius 1 is 1.13 bits per heavy atom. The summed E-state index contributed by atoms with van der Waals surface area (Å²) in [6.07, 6.45) is 3.82. The van der Waals surface area contributed by atoms with E-state index in [-0.39, 0.29) is 21.6 Å². The van der Waals surface area contributed by atoms with E-state index in [1.807, 2.05) is 6.07 Å². The molecule has 0 saturated heterocycles. The lowest BCUT2D eigenvalue weighted by Gasteiger charge is -2.18. The van der Waals surface area contributed by atoms with E-state index in [0.29, 0.717) is 29.9 Å². The van der Waals surface area contributed by atoms with Crippen LogP contribution in [-0.4, -0.2) is 33.0 Å². The highest BCUT2D eigenvalue weighted by molar-refractivity contribution is 7.92. The summed E-state index contributed by atoms with van der Waals surface area (Å²) >= 11 is 5.98. The minimum atomic E-state index is -3.96. The third kappa shape index (κ3) is 3.83. The van der Waals surface area contributed by atoms with Gasteiger partial charge in [-0.05, 0) is 54.4 Å². The Morgan fingerprint density at radius 3 is 2.63 bits per heavy atom. The van der Waals surface area contributed by atoms with Crippen LogP contribution in [0.15, 0.2) is 65.8 Å². The van der Waals surface area contributed by atoms with Crippen LogP contribution in [0.1, 0.15) is 15.9 Å². The van der Waals surface area contributed by atoms with Crippen LogP contribution < -0.4 is 14.4 Å². The Morgan fingerprint density at radius 2 is 1.90 bits per heavy atom. The number of carbonyl (C=O) groups is 1. The third-order valence-electron chi connectivity index (χ3n) is 4.82. The number of nitrogens with one attached hydrogen (secondary N) is 1. The van der Waals surface area contributed by atoms with Crippen LogP contribution in [0.5, 0.6) is 5.75 Å². The molecule has 0 bridgehead atoms. The van der Waals surface area contributed by atoms with Gasteiger partial charge in [0.1, 0.15) is 10.6 Å². The Labute approximate surface area is 179 Å². The van der Waals surface area contributed by atoms with Gasteiger partial charge in [0, 0.05) is 35.2 Å². The number of pyridine rings is 1. The van der Waals surface area contributed by atoms with E-state index in [4.69, 9.17) is 16.3 Å². The predicted molar refractivity (Wildman–Crippen MR) is 115 cm³/mol. The fraction of sp³-hybridized carbons (Fsp3) is 0.143. The molecule has 4 rings (SSSR count). The standard InChI is InChI=1S/C21H18ClN3O4S/c1-29-19-5-3-16(22)12-20(19)30(27,28)24-17-4-2-14-8-11-25(18(14)13-17)21(26)15-6-9-23-10-7-15/h2-7,9-10,12-13,24H,8,11H2,1H3. The number of fused-ring (bicyclic) bond motifs is 1. The molecular weight excluding hydrogens is 426 g/mol. The lowest BCUT2D eigenvalue weighted by molar-refractivity contribution is 0.0989. The predicted octanol–water partition coefficient (Wildman–Crippen LogP) is 3.75. The average Bonchev–Trinajstić information content (AvgIpc) is 3.16. The number of ether oxygens (including phenoxy) is 1. The molecule has 0 fully saturated rings. The molecule has 1 aliphatic rings. The van der Waals surface area contributed by atoms with Crippen molar-refractivity contribution in [2.45, 2.75) is 11.3 Å². The summed E-state index contributed by atoms with van der Waals surface area (Å²) in [5.41, 5.74) is 2.51. The Hall–Kier alpha value is -3.10. The van der Waals surface area contributed by atoms with Crippen LogP contribution in [0.4, 0.5) is 11.4 Å². The van der Waals surface area contributed by atoms with Crippen molar-refractivity contribution in [2.75, 3.05) is 23.3 Å². The number of rotatable bonds is 5. The van der Waals surface area contributed by atoms with E-state index in [2.05, 4.69) is 9.71 Å². The number of hydrogen-bond acceptors (Lipinski definition) is 5. The number of methoxy groups -OCH3 is 1. The van der Waals surface area contributed by atoms with Gasteiger partial charge >= 0.3 is 0 Å². The molecule has 9 heteroatoms. The van der Waals surface area contributed by atoms with Crippen LogP contribution >= 0.6 is 11.6 Å². The summed E-state index contributed by atoms with van der Waals surface area (Å²) in [4.78, 5) is 18.4. The minimum absolute atomic E-state index is 0.0669. The Balaban J connectivity index is 1.65. The summed E-state index contributed by atoms with van der Waals surface area (Å²) in [5.74, 6) is 0.0234. The van der Waals surface area contributed by atoms with Crippen LogP contribution in [0.3, 0.4) is 0 Å². The largest absolute Gasteiger partial charge is 0.495 e. The van der Waals surface area contributed by atoms with Crippen LogP contribution in [0, 0.1) is 0 Å². The molecule has 1 aliphatic heterocycles. The van der Waals surface area contributed by atoms with Gasteiger partial charge in [-0.1, -0.05) is 17.7 Å². The van der Waals surface area contributed by atoms with Gasteiger partial charge in [0.05, 0.1) is 12.8 Å². The molecule has 1 amide bonds. The quantitative estimate of drug-likeness (QED) is 0.648. The number of carbonyl (C=O) groups excluding carboxylic acids is 1. The van der Waals surface area contributed by atoms with E-state index in [1.54, 1.807) is 47.6 Å². The van der Waals surface area contributed by atoms with Crippen molar-refractivity contribution in [3.8, 4) is 5.75 Å². The molecule has 0 unspecified atom stereocenters. The van der Waals surface area contributed by atoms with Gasteiger partial charge in [0.25, 0.3) is 15.9 Å². The summed E-state index contributed by atoms with van der Waals surface area (Å²) in [5, 5.41) is 0.277. The highest BCUT2D eigenvalue weighted by Crippen LogP contribution is 2.34. The number of anilines is 2. The molecule has 30 heavy (non-hydrogen) atoms. The molecule has 0 atom stereocenters. The molecule has 0 aliphatic carbocycles. The van der Waals surface area contributed by atoms with Crippen LogP contribution in [-0.2, 0) is 16.4 Å². The molecule has 3 aromatic rings. The maximum Gasteiger partial charge on any atom is 0.265 e. The van der Waals surface area contributed by atoms with Crippen molar-refractivity contribution in [1.82, 2.24) is 4.98 Å². The topological polar surface area (TPSA) is 88.6 Å². The fourth-order valence-electron chi connectivity index (χ4n) is 3.37. The molecular formula is C21H18ClN3O4S. The summed E-state index contributed by atoms with van der Waals surface area (Å²) in [6.45, 7) is 0.523. The van der Waals surface area contributed by atoms with Crippen molar-refractivity contribution in [3.63, 3.8) is 0 Å². The number of aromatic nitrogens is 1. The first-order valence-electron chi connectivity index (χ1n) is 9.10. The second-order valence-electron chi connectivity index (χ2n) is 6.69. The second-order valence-corrected chi connectivity index (χ2v) is 8.77. The van der Waals surface area contributed by atoms with Gasteiger partial charge in [-0.3, -0.25) is 14.5 Å². The third-order valence-corrected chi connectivity index (χ3v) is 6.46. The van der Waals surface area contributed by atoms with E-state index in [0.717, 1.165) is 5.56 Å². The monoisotopic (exact) mass is 443 g/mol. The molecule has 0 saturated carbocycles. The maximum absolute atomic E-state index is 12.9. The number of halogens is 1. The first-order valence-corrected chi connectivity index (χ1v) is 11.0. The zero-order valence-corrected chi connectivity index (χ0v) is 17.6. The zero-order valence-electron chi connectivity index (χ0n) is 16.0. The number of nitrogens with zero attached hydrogens (tertiary/aromatic N) is 2. The van der Waals surface area contributed by atoms with Crippen LogP contribution in [0.25, 0.3) is 0 Å². The number of hydrogen-bond donors (Lipinski definition) is 1. The molecule has 7 nitrogen and oxygen atoms in total. The number of amides is 1. The molecule has 0 radical (unpaired) electrons. The lowest BCUT2D eigenvalue weighted by Crippen LogP contribution is -2.28. The number of sulfonamides is 1. The molecule has 1 aromatic heterocycles. The molecule has 2 heterocycles. The Bertz CT molecular complexity index is 1220. The normalized spacial score (nSPS) is 13.1. The molecule has 0 spiro atoms. The summed E-state index contributed by atoms with van der Waals surface area (Å²) in [7, 11) is -2.57. The van der Waals surface area contributed by atoms with Crippen molar-refractivity contribution in [1.29, 1.82) is 0 Å². The van der Waals surface area contributed by atoms with Gasteiger partial charge in [-0.15, -0.1) is 0 Å². The maximum atomic E-state index is 12.9. The zero-order chi connectivity index (χ0) is 21.3. The lowest BCUT2D eigenvalue weighted by atomic mass is 10.1. The van der Waals surface area contributed by atoms with Gasteiger partial charge in [-0.2, -0.15) is 0 Å². The molecule has 154 valence electrons. The highest BCUT2D eigenvalue weighted by atomic mass is 35.5. The van der Waals surface area contributed by atoms with Crippen molar-refractivity contribution >= 4 is 38.9 Å². The van der Waals surface area contributed by atoms with E-state index < -0.39 is 10.0 Å². The van der Waals surface area contributed by atoms with Gasteiger partial charge in [0.2, 0.25) is 0 Å². The van der Waals surface area contributed by atoms with Crippen molar-refractivity contribution in [3.05, 3.63) is 77.1 Å².